The predicted molar refractivity (Wildman–Crippen MR) is 115 cm³/mol. The van der Waals surface area contributed by atoms with Crippen LogP contribution in [0.4, 0.5) is 5.82 Å². The average Bonchev–Trinajstić information content (AvgIpc) is 3.12. The maximum absolute atomic E-state index is 12.7. The van der Waals surface area contributed by atoms with Crippen LogP contribution < -0.4 is 10.1 Å². The van der Waals surface area contributed by atoms with Crippen LogP contribution in [0.5, 0.6) is 5.75 Å². The summed E-state index contributed by atoms with van der Waals surface area (Å²) in [7, 11) is 0. The van der Waals surface area contributed by atoms with E-state index in [1.54, 1.807) is 29.2 Å². The summed E-state index contributed by atoms with van der Waals surface area (Å²) < 4.78 is 7.76. The summed E-state index contributed by atoms with van der Waals surface area (Å²) in [5.74, 6) is 2.01. The van der Waals surface area contributed by atoms with Crippen LogP contribution in [-0.4, -0.2) is 32.3 Å². The summed E-state index contributed by atoms with van der Waals surface area (Å²) in [5, 5.41) is 7.27. The molecule has 7 nitrogen and oxygen atoms in total. The Hall–Kier alpha value is -3.22. The molecule has 0 aliphatic heterocycles. The first-order valence-corrected chi connectivity index (χ1v) is 10.5. The van der Waals surface area contributed by atoms with Crippen LogP contribution in [0.1, 0.15) is 53.8 Å². The molecule has 0 saturated heterocycles. The van der Waals surface area contributed by atoms with Crippen molar-refractivity contribution >= 4 is 11.7 Å². The zero-order valence-electron chi connectivity index (χ0n) is 17.5. The molecule has 7 heteroatoms. The Morgan fingerprint density at radius 2 is 2.00 bits per heavy atom. The van der Waals surface area contributed by atoms with Crippen molar-refractivity contribution in [3.8, 4) is 11.6 Å². The molecule has 3 aromatic rings. The van der Waals surface area contributed by atoms with Gasteiger partial charge in [0, 0.05) is 18.1 Å². The van der Waals surface area contributed by atoms with E-state index in [-0.39, 0.29) is 5.91 Å². The molecular weight excluding hydrogens is 378 g/mol. The van der Waals surface area contributed by atoms with E-state index in [0.717, 1.165) is 11.4 Å². The minimum Gasteiger partial charge on any atom is -0.489 e. The zero-order valence-corrected chi connectivity index (χ0v) is 17.5. The molecule has 0 bridgehead atoms. The Kier molecular flexibility index (Phi) is 6.07. The van der Waals surface area contributed by atoms with Gasteiger partial charge in [0.25, 0.3) is 5.91 Å². The van der Waals surface area contributed by atoms with Crippen molar-refractivity contribution in [2.75, 3.05) is 11.9 Å². The van der Waals surface area contributed by atoms with E-state index >= 15 is 0 Å². The topological polar surface area (TPSA) is 81.9 Å². The smallest absolute Gasteiger partial charge is 0.258 e. The molecule has 1 aliphatic rings. The first-order chi connectivity index (χ1) is 14.6. The van der Waals surface area contributed by atoms with Gasteiger partial charge in [-0.3, -0.25) is 4.79 Å². The molecule has 0 aromatic carbocycles. The highest BCUT2D eigenvalue weighted by Crippen LogP contribution is 2.27. The van der Waals surface area contributed by atoms with Crippen LogP contribution >= 0.6 is 0 Å². The number of carbonyl (C=O) groups is 1. The van der Waals surface area contributed by atoms with Crippen molar-refractivity contribution in [3.05, 3.63) is 59.7 Å². The molecule has 4 rings (SSSR count). The maximum Gasteiger partial charge on any atom is 0.258 e. The third-order valence-corrected chi connectivity index (χ3v) is 5.44. The van der Waals surface area contributed by atoms with Gasteiger partial charge < -0.3 is 10.1 Å². The van der Waals surface area contributed by atoms with Gasteiger partial charge in [-0.15, -0.1) is 0 Å². The molecule has 0 unspecified atom stereocenters. The third kappa shape index (κ3) is 4.67. The Balaban J connectivity index is 1.43. The van der Waals surface area contributed by atoms with Crippen LogP contribution in [0.2, 0.25) is 0 Å². The molecule has 0 spiro atoms. The largest absolute Gasteiger partial charge is 0.489 e. The first-order valence-electron chi connectivity index (χ1n) is 10.5. The lowest BCUT2D eigenvalue weighted by atomic mass is 9.90. The van der Waals surface area contributed by atoms with Crippen molar-refractivity contribution in [3.63, 3.8) is 0 Å². The van der Waals surface area contributed by atoms with E-state index in [0.29, 0.717) is 35.5 Å². The zero-order chi connectivity index (χ0) is 20.9. The fourth-order valence-corrected chi connectivity index (χ4v) is 3.85. The number of anilines is 1. The van der Waals surface area contributed by atoms with Crippen molar-refractivity contribution in [2.24, 2.45) is 5.92 Å². The number of hydrogen-bond acceptors (Lipinski definition) is 5. The van der Waals surface area contributed by atoms with Crippen LogP contribution in [0, 0.1) is 19.8 Å². The lowest BCUT2D eigenvalue weighted by molar-refractivity contribution is 0.102. The summed E-state index contributed by atoms with van der Waals surface area (Å²) in [6.07, 6.45) is 9.46. The average molecular weight is 406 g/mol. The van der Waals surface area contributed by atoms with Gasteiger partial charge in [0.15, 0.2) is 17.4 Å². The molecular formula is C23H27N5O2. The monoisotopic (exact) mass is 405 g/mol. The van der Waals surface area contributed by atoms with Gasteiger partial charge in [-0.1, -0.05) is 19.3 Å². The fourth-order valence-electron chi connectivity index (χ4n) is 3.85. The lowest BCUT2D eigenvalue weighted by Gasteiger charge is -2.22. The van der Waals surface area contributed by atoms with Gasteiger partial charge in [0.05, 0.1) is 17.9 Å². The van der Waals surface area contributed by atoms with Gasteiger partial charge in [0.2, 0.25) is 0 Å². The minimum atomic E-state index is -0.274. The first kappa shape index (κ1) is 20.1. The molecule has 3 aromatic heterocycles. The van der Waals surface area contributed by atoms with Crippen molar-refractivity contribution in [1.82, 2.24) is 19.7 Å². The van der Waals surface area contributed by atoms with Crippen LogP contribution in [0.15, 0.2) is 42.7 Å². The molecule has 1 N–H and O–H groups in total. The second-order valence-corrected chi connectivity index (χ2v) is 7.86. The van der Waals surface area contributed by atoms with Gasteiger partial charge in [-0.25, -0.2) is 14.6 Å². The predicted octanol–water partition coefficient (Wildman–Crippen LogP) is 4.49. The summed E-state index contributed by atoms with van der Waals surface area (Å²) in [4.78, 5) is 21.4. The maximum atomic E-state index is 12.7. The number of amides is 1. The number of aromatic nitrogens is 4. The standard InChI is InChI=1S/C23H27N5O2/c1-16-13-17(2)28(27-16)21-11-10-19(14-25-21)23(29)26-22-20(9-6-12-24-22)30-15-18-7-4-3-5-8-18/h6,9-14,18H,3-5,7-8,15H2,1-2H3,(H,24,26,29). The molecule has 1 fully saturated rings. The van der Waals surface area contributed by atoms with E-state index in [9.17, 15) is 4.79 Å². The van der Waals surface area contributed by atoms with E-state index in [1.807, 2.05) is 32.0 Å². The molecule has 0 radical (unpaired) electrons. The van der Waals surface area contributed by atoms with Gasteiger partial charge in [-0.2, -0.15) is 5.10 Å². The minimum absolute atomic E-state index is 0.274. The number of nitrogens with zero attached hydrogens (tertiary/aromatic N) is 4. The number of ether oxygens (including phenoxy) is 1. The number of rotatable bonds is 6. The number of aryl methyl sites for hydroxylation is 2. The Morgan fingerprint density at radius 1 is 1.17 bits per heavy atom. The molecule has 1 saturated carbocycles. The quantitative estimate of drug-likeness (QED) is 0.653. The summed E-state index contributed by atoms with van der Waals surface area (Å²) in [6, 6.07) is 9.16. The van der Waals surface area contributed by atoms with Crippen LogP contribution in [0.25, 0.3) is 5.82 Å². The SMILES string of the molecule is Cc1cc(C)n(-c2ccc(C(=O)Nc3ncccc3OCC3CCCCC3)cn2)n1. The van der Waals surface area contributed by atoms with E-state index < -0.39 is 0 Å². The van der Waals surface area contributed by atoms with E-state index in [2.05, 4.69) is 20.4 Å². The van der Waals surface area contributed by atoms with Gasteiger partial charge in [-0.05, 0) is 62.9 Å². The Bertz CT molecular complexity index is 1010. The molecule has 156 valence electrons. The molecule has 30 heavy (non-hydrogen) atoms. The van der Waals surface area contributed by atoms with E-state index in [4.69, 9.17) is 4.74 Å². The van der Waals surface area contributed by atoms with E-state index in [1.165, 1.54) is 32.1 Å². The highest BCUT2D eigenvalue weighted by Gasteiger charge is 2.16. The molecule has 1 amide bonds. The highest BCUT2D eigenvalue weighted by atomic mass is 16.5. The highest BCUT2D eigenvalue weighted by molar-refractivity contribution is 6.04. The van der Waals surface area contributed by atoms with Gasteiger partial charge in [0.1, 0.15) is 0 Å². The number of nitrogens with one attached hydrogen (secondary N) is 1. The Morgan fingerprint density at radius 3 is 2.70 bits per heavy atom. The number of carbonyl (C=O) groups excluding carboxylic acids is 1. The van der Waals surface area contributed by atoms with Crippen molar-refractivity contribution < 1.29 is 9.53 Å². The molecule has 3 heterocycles. The summed E-state index contributed by atoms with van der Waals surface area (Å²) in [5.41, 5.74) is 2.36. The number of hydrogen-bond donors (Lipinski definition) is 1. The second-order valence-electron chi connectivity index (χ2n) is 7.86. The van der Waals surface area contributed by atoms with Crippen LogP contribution in [-0.2, 0) is 0 Å². The normalized spacial score (nSPS) is 14.5. The molecule has 0 atom stereocenters. The van der Waals surface area contributed by atoms with Gasteiger partial charge >= 0.3 is 0 Å². The summed E-state index contributed by atoms with van der Waals surface area (Å²) in [6.45, 7) is 4.57. The third-order valence-electron chi connectivity index (χ3n) is 5.44. The van der Waals surface area contributed by atoms with Crippen molar-refractivity contribution in [1.29, 1.82) is 0 Å². The lowest BCUT2D eigenvalue weighted by Crippen LogP contribution is -2.18. The molecule has 1 aliphatic carbocycles. The second kappa shape index (κ2) is 9.07. The Labute approximate surface area is 176 Å². The van der Waals surface area contributed by atoms with Crippen molar-refractivity contribution in [2.45, 2.75) is 46.0 Å². The number of pyridine rings is 2. The summed E-state index contributed by atoms with van der Waals surface area (Å²) >= 11 is 0. The fraction of sp³-hybridized carbons (Fsp3) is 0.391. The van der Waals surface area contributed by atoms with Crippen LogP contribution in [0.3, 0.4) is 0 Å².